The third-order valence-electron chi connectivity index (χ3n) is 2.01. The van der Waals surface area contributed by atoms with Gasteiger partial charge in [-0.15, -0.1) is 11.3 Å². The molecule has 2 aromatic rings. The molecule has 0 atom stereocenters. The van der Waals surface area contributed by atoms with Gasteiger partial charge < -0.3 is 0 Å². The number of H-pyrrole nitrogens is 1. The van der Waals surface area contributed by atoms with Crippen molar-refractivity contribution >= 4 is 21.4 Å². The molecule has 14 heavy (non-hydrogen) atoms. The molecule has 0 saturated carbocycles. The molecule has 0 aliphatic rings. The van der Waals surface area contributed by atoms with Crippen LogP contribution in [0.3, 0.4) is 0 Å². The van der Waals surface area contributed by atoms with E-state index in [0.717, 1.165) is 16.5 Å². The molecule has 0 spiro atoms. The molecule has 2 aromatic heterocycles. The highest BCUT2D eigenvalue weighted by Gasteiger charge is 2.06. The number of hydrogen-bond donors (Lipinski definition) is 1. The van der Waals surface area contributed by atoms with E-state index in [9.17, 15) is 4.79 Å². The average molecular weight is 208 g/mol. The summed E-state index contributed by atoms with van der Waals surface area (Å²) in [4.78, 5) is 12.6. The molecule has 0 saturated heterocycles. The minimum atomic E-state index is -0.0891. The monoisotopic (exact) mass is 208 g/mol. The predicted octanol–water partition coefficient (Wildman–Crippen LogP) is 2.18. The second kappa shape index (κ2) is 3.53. The number of hydrogen-bond acceptors (Lipinski definition) is 3. The Morgan fingerprint density at radius 1 is 1.57 bits per heavy atom. The van der Waals surface area contributed by atoms with Crippen LogP contribution in [0.5, 0.6) is 0 Å². The third kappa shape index (κ3) is 1.70. The molecule has 3 nitrogen and oxygen atoms in total. The van der Waals surface area contributed by atoms with Crippen molar-refractivity contribution in [2.24, 2.45) is 5.92 Å². The fourth-order valence-corrected chi connectivity index (χ4v) is 2.69. The number of aromatic amines is 1. The summed E-state index contributed by atoms with van der Waals surface area (Å²) >= 11 is 1.66. The molecule has 4 heteroatoms. The van der Waals surface area contributed by atoms with Crippen LogP contribution in [0.4, 0.5) is 0 Å². The smallest absolute Gasteiger partial charge is 0.267 e. The third-order valence-corrected chi connectivity index (χ3v) is 3.11. The summed E-state index contributed by atoms with van der Waals surface area (Å²) in [6.45, 7) is 4.35. The van der Waals surface area contributed by atoms with Crippen LogP contribution in [0.2, 0.25) is 0 Å². The lowest BCUT2D eigenvalue weighted by Crippen LogP contribution is -2.05. The number of fused-ring (bicyclic) bond motifs is 1. The van der Waals surface area contributed by atoms with E-state index in [1.165, 1.54) is 4.88 Å². The predicted molar refractivity (Wildman–Crippen MR) is 58.8 cm³/mol. The second-order valence-electron chi connectivity index (χ2n) is 3.79. The molecule has 0 radical (unpaired) electrons. The molecule has 74 valence electrons. The lowest BCUT2D eigenvalue weighted by molar-refractivity contribution is 0.654. The second-order valence-corrected chi connectivity index (χ2v) is 4.96. The van der Waals surface area contributed by atoms with Crippen molar-refractivity contribution in [2.75, 3.05) is 0 Å². The van der Waals surface area contributed by atoms with Gasteiger partial charge in [0.1, 0.15) is 0 Å². The molecule has 0 aliphatic carbocycles. The lowest BCUT2D eigenvalue weighted by atomic mass is 10.1. The number of nitrogens with zero attached hydrogens (tertiary/aromatic N) is 1. The van der Waals surface area contributed by atoms with Crippen molar-refractivity contribution in [2.45, 2.75) is 20.3 Å². The van der Waals surface area contributed by atoms with Crippen LogP contribution in [0.1, 0.15) is 18.7 Å². The Balaban J connectivity index is 2.52. The largest absolute Gasteiger partial charge is 0.272 e. The maximum Gasteiger partial charge on any atom is 0.272 e. The van der Waals surface area contributed by atoms with E-state index in [1.807, 2.05) is 6.07 Å². The minimum absolute atomic E-state index is 0.0891. The van der Waals surface area contributed by atoms with Crippen LogP contribution in [-0.4, -0.2) is 10.2 Å². The Bertz CT molecular complexity index is 498. The zero-order valence-corrected chi connectivity index (χ0v) is 9.02. The molecular formula is C10H12N2OS. The van der Waals surface area contributed by atoms with Gasteiger partial charge in [-0.25, -0.2) is 5.10 Å². The summed E-state index contributed by atoms with van der Waals surface area (Å²) in [5, 5.41) is 6.98. The Hall–Kier alpha value is -1.16. The number of thiophene rings is 1. The first-order valence-electron chi connectivity index (χ1n) is 4.63. The zero-order valence-electron chi connectivity index (χ0n) is 8.20. The van der Waals surface area contributed by atoms with Crippen LogP contribution >= 0.6 is 11.3 Å². The van der Waals surface area contributed by atoms with Gasteiger partial charge in [-0.1, -0.05) is 13.8 Å². The van der Waals surface area contributed by atoms with Gasteiger partial charge >= 0.3 is 0 Å². The van der Waals surface area contributed by atoms with Gasteiger partial charge in [0.2, 0.25) is 0 Å². The van der Waals surface area contributed by atoms with E-state index < -0.39 is 0 Å². The van der Waals surface area contributed by atoms with E-state index >= 15 is 0 Å². The van der Waals surface area contributed by atoms with E-state index in [2.05, 4.69) is 24.0 Å². The fourth-order valence-electron chi connectivity index (χ4n) is 1.44. The Labute approximate surface area is 85.8 Å². The van der Waals surface area contributed by atoms with Crippen LogP contribution in [-0.2, 0) is 6.42 Å². The first-order valence-corrected chi connectivity index (χ1v) is 5.44. The molecule has 1 N–H and O–H groups in total. The Kier molecular flexibility index (Phi) is 2.37. The van der Waals surface area contributed by atoms with Crippen LogP contribution in [0.25, 0.3) is 10.1 Å². The lowest BCUT2D eigenvalue weighted by Gasteiger charge is -1.98. The first-order chi connectivity index (χ1) is 6.66. The van der Waals surface area contributed by atoms with Crippen molar-refractivity contribution in [1.82, 2.24) is 10.2 Å². The minimum Gasteiger partial charge on any atom is -0.267 e. The van der Waals surface area contributed by atoms with Crippen molar-refractivity contribution in [3.05, 3.63) is 27.5 Å². The summed E-state index contributed by atoms with van der Waals surface area (Å²) in [7, 11) is 0. The maximum atomic E-state index is 11.4. The van der Waals surface area contributed by atoms with Gasteiger partial charge in [-0.05, 0) is 18.4 Å². The topological polar surface area (TPSA) is 45.8 Å². The van der Waals surface area contributed by atoms with Crippen LogP contribution < -0.4 is 5.56 Å². The Morgan fingerprint density at radius 2 is 2.36 bits per heavy atom. The normalized spacial score (nSPS) is 11.4. The molecule has 0 unspecified atom stereocenters. The van der Waals surface area contributed by atoms with Gasteiger partial charge in [0.05, 0.1) is 16.3 Å². The zero-order chi connectivity index (χ0) is 10.1. The van der Waals surface area contributed by atoms with Crippen molar-refractivity contribution < 1.29 is 0 Å². The van der Waals surface area contributed by atoms with Gasteiger partial charge in [0.25, 0.3) is 5.56 Å². The summed E-state index contributed by atoms with van der Waals surface area (Å²) in [5.74, 6) is 0.620. The van der Waals surface area contributed by atoms with Crippen LogP contribution in [0.15, 0.2) is 17.1 Å². The van der Waals surface area contributed by atoms with E-state index in [1.54, 1.807) is 17.5 Å². The van der Waals surface area contributed by atoms with E-state index in [0.29, 0.717) is 5.92 Å². The SMILES string of the molecule is CC(C)Cc1cc2c(=O)[nH]ncc2s1. The summed E-state index contributed by atoms with van der Waals surface area (Å²) in [6.07, 6.45) is 2.74. The maximum absolute atomic E-state index is 11.4. The molecular weight excluding hydrogens is 196 g/mol. The summed E-state index contributed by atoms with van der Waals surface area (Å²) < 4.78 is 0.976. The highest BCUT2D eigenvalue weighted by atomic mass is 32.1. The van der Waals surface area contributed by atoms with Gasteiger partial charge in [0.15, 0.2) is 0 Å². The number of rotatable bonds is 2. The molecule has 2 heterocycles. The first kappa shape index (κ1) is 9.40. The molecule has 0 aliphatic heterocycles. The standard InChI is InChI=1S/C10H12N2OS/c1-6(2)3-7-4-8-9(14-7)5-11-12-10(8)13/h4-6H,3H2,1-2H3,(H,12,13). The van der Waals surface area contributed by atoms with Gasteiger partial charge in [0, 0.05) is 4.88 Å². The van der Waals surface area contributed by atoms with E-state index in [-0.39, 0.29) is 5.56 Å². The summed E-state index contributed by atoms with van der Waals surface area (Å²) in [5.41, 5.74) is -0.0891. The highest BCUT2D eigenvalue weighted by molar-refractivity contribution is 7.19. The van der Waals surface area contributed by atoms with Gasteiger partial charge in [-0.3, -0.25) is 4.79 Å². The molecule has 0 aromatic carbocycles. The highest BCUT2D eigenvalue weighted by Crippen LogP contribution is 2.23. The molecule has 0 bridgehead atoms. The van der Waals surface area contributed by atoms with Crippen molar-refractivity contribution in [3.8, 4) is 0 Å². The molecule has 0 amide bonds. The molecule has 0 fully saturated rings. The van der Waals surface area contributed by atoms with Crippen molar-refractivity contribution in [3.63, 3.8) is 0 Å². The average Bonchev–Trinajstić information content (AvgIpc) is 2.47. The molecule has 2 rings (SSSR count). The van der Waals surface area contributed by atoms with Crippen LogP contribution in [0, 0.1) is 5.92 Å². The van der Waals surface area contributed by atoms with Crippen molar-refractivity contribution in [1.29, 1.82) is 0 Å². The fraction of sp³-hybridized carbons (Fsp3) is 0.400. The summed E-state index contributed by atoms with van der Waals surface area (Å²) in [6, 6.07) is 1.97. The number of nitrogens with one attached hydrogen (secondary N) is 1. The Morgan fingerprint density at radius 3 is 3.00 bits per heavy atom. The number of aromatic nitrogens is 2. The quantitative estimate of drug-likeness (QED) is 0.822. The van der Waals surface area contributed by atoms with E-state index in [4.69, 9.17) is 0 Å². The van der Waals surface area contributed by atoms with Gasteiger partial charge in [-0.2, -0.15) is 5.10 Å².